The van der Waals surface area contributed by atoms with Crippen LogP contribution in [0.2, 0.25) is 0 Å². The number of hydrogen-bond acceptors (Lipinski definition) is 2. The molecule has 1 heterocycles. The predicted octanol–water partition coefficient (Wildman–Crippen LogP) is 2.63. The highest BCUT2D eigenvalue weighted by atomic mass is 127. The molecule has 76 valence electrons. The number of carbonyl (C=O) groups is 1. The zero-order valence-corrected chi connectivity index (χ0v) is 9.25. The van der Waals surface area contributed by atoms with Gasteiger partial charge in [-0.3, -0.25) is 0 Å². The van der Waals surface area contributed by atoms with Crippen LogP contribution in [0.4, 0.5) is 8.78 Å². The maximum atomic E-state index is 12.4. The van der Waals surface area contributed by atoms with Gasteiger partial charge in [-0.25, -0.2) is 18.6 Å². The second-order valence-corrected chi connectivity index (χ2v) is 3.71. The highest BCUT2D eigenvalue weighted by Gasteiger charge is 2.18. The van der Waals surface area contributed by atoms with E-state index in [1.807, 2.05) is 0 Å². The van der Waals surface area contributed by atoms with Gasteiger partial charge in [-0.15, -0.1) is 0 Å². The van der Waals surface area contributed by atoms with Gasteiger partial charge in [-0.2, -0.15) is 0 Å². The molecule has 0 aliphatic rings. The van der Waals surface area contributed by atoms with Crippen molar-refractivity contribution in [3.63, 3.8) is 0 Å². The van der Waals surface area contributed by atoms with E-state index in [1.165, 1.54) is 6.07 Å². The summed E-state index contributed by atoms with van der Waals surface area (Å²) in [5.41, 5.74) is -0.325. The van der Waals surface area contributed by atoms with Gasteiger partial charge >= 0.3 is 5.97 Å². The number of aryl methyl sites for hydroxylation is 1. The Morgan fingerprint density at radius 1 is 1.64 bits per heavy atom. The molecule has 0 bridgehead atoms. The number of hydrogen-bond donors (Lipinski definition) is 1. The SMILES string of the molecule is Cc1cc(C(=O)O)nc(C(F)F)c1I. The summed E-state index contributed by atoms with van der Waals surface area (Å²) in [5, 5.41) is 8.60. The molecule has 1 aromatic rings. The number of nitrogens with zero attached hydrogens (tertiary/aromatic N) is 1. The molecule has 0 saturated carbocycles. The molecule has 1 rings (SSSR count). The van der Waals surface area contributed by atoms with Crippen LogP contribution in [0.3, 0.4) is 0 Å². The van der Waals surface area contributed by atoms with Gasteiger partial charge in [0, 0.05) is 3.57 Å². The molecule has 0 aliphatic carbocycles. The highest BCUT2D eigenvalue weighted by molar-refractivity contribution is 14.1. The van der Waals surface area contributed by atoms with Crippen molar-refractivity contribution >= 4 is 28.6 Å². The fourth-order valence-corrected chi connectivity index (χ4v) is 1.45. The average molecular weight is 313 g/mol. The predicted molar refractivity (Wildman–Crippen MR) is 53.6 cm³/mol. The van der Waals surface area contributed by atoms with E-state index < -0.39 is 18.1 Å². The van der Waals surface area contributed by atoms with Gasteiger partial charge in [0.25, 0.3) is 6.43 Å². The monoisotopic (exact) mass is 313 g/mol. The Kier molecular flexibility index (Phi) is 3.35. The summed E-state index contributed by atoms with van der Waals surface area (Å²) in [4.78, 5) is 13.9. The van der Waals surface area contributed by atoms with E-state index in [0.717, 1.165) is 0 Å². The molecule has 0 atom stereocenters. The molecular weight excluding hydrogens is 307 g/mol. The van der Waals surface area contributed by atoms with Crippen molar-refractivity contribution in [1.82, 2.24) is 4.98 Å². The largest absolute Gasteiger partial charge is 0.477 e. The standard InChI is InChI=1S/C8H6F2INO2/c1-3-2-4(8(13)14)12-6(5(3)11)7(9)10/h2,7H,1H3,(H,13,14). The summed E-state index contributed by atoms with van der Waals surface area (Å²) in [6, 6.07) is 1.27. The minimum Gasteiger partial charge on any atom is -0.477 e. The first-order chi connectivity index (χ1) is 6.43. The van der Waals surface area contributed by atoms with Crippen LogP contribution in [0.15, 0.2) is 6.07 Å². The van der Waals surface area contributed by atoms with Crippen LogP contribution in [-0.2, 0) is 0 Å². The minimum absolute atomic E-state index is 0.308. The van der Waals surface area contributed by atoms with Crippen LogP contribution in [0.5, 0.6) is 0 Å². The van der Waals surface area contributed by atoms with E-state index in [4.69, 9.17) is 5.11 Å². The Bertz CT molecular complexity index is 382. The number of aromatic nitrogens is 1. The topological polar surface area (TPSA) is 50.2 Å². The molecular formula is C8H6F2INO2. The highest BCUT2D eigenvalue weighted by Crippen LogP contribution is 2.25. The molecule has 1 aromatic heterocycles. The van der Waals surface area contributed by atoms with E-state index in [1.54, 1.807) is 29.5 Å². The first-order valence-electron chi connectivity index (χ1n) is 3.62. The summed E-state index contributed by atoms with van der Waals surface area (Å²) in [7, 11) is 0. The fourth-order valence-electron chi connectivity index (χ4n) is 0.936. The van der Waals surface area contributed by atoms with Crippen molar-refractivity contribution < 1.29 is 18.7 Å². The molecule has 0 spiro atoms. The molecule has 0 fully saturated rings. The first-order valence-corrected chi connectivity index (χ1v) is 4.70. The van der Waals surface area contributed by atoms with Gasteiger partial charge in [-0.05, 0) is 41.1 Å². The number of aromatic carboxylic acids is 1. The molecule has 0 aromatic carbocycles. The molecule has 14 heavy (non-hydrogen) atoms. The molecule has 0 radical (unpaired) electrons. The number of pyridine rings is 1. The summed E-state index contributed by atoms with van der Waals surface area (Å²) in [5.74, 6) is -1.30. The van der Waals surface area contributed by atoms with Crippen LogP contribution < -0.4 is 0 Å². The lowest BCUT2D eigenvalue weighted by Crippen LogP contribution is -2.06. The fraction of sp³-hybridized carbons (Fsp3) is 0.250. The maximum absolute atomic E-state index is 12.4. The van der Waals surface area contributed by atoms with Crippen LogP contribution in [0.1, 0.15) is 28.2 Å². The van der Waals surface area contributed by atoms with Gasteiger partial charge in [0.2, 0.25) is 0 Å². The van der Waals surface area contributed by atoms with Crippen LogP contribution in [0.25, 0.3) is 0 Å². The normalized spacial score (nSPS) is 10.6. The maximum Gasteiger partial charge on any atom is 0.354 e. The summed E-state index contributed by atoms with van der Waals surface area (Å²) < 4.78 is 25.1. The third-order valence-electron chi connectivity index (χ3n) is 1.59. The van der Waals surface area contributed by atoms with Crippen molar-refractivity contribution in [2.24, 2.45) is 0 Å². The Hall–Kier alpha value is -0.790. The summed E-state index contributed by atoms with van der Waals surface area (Å²) in [6.07, 6.45) is -2.75. The molecule has 0 saturated heterocycles. The quantitative estimate of drug-likeness (QED) is 0.854. The van der Waals surface area contributed by atoms with Crippen molar-refractivity contribution in [2.45, 2.75) is 13.3 Å². The second-order valence-electron chi connectivity index (χ2n) is 2.63. The Labute approximate surface area is 92.3 Å². The molecule has 6 heteroatoms. The number of carboxylic acid groups (broad SMARTS) is 1. The van der Waals surface area contributed by atoms with E-state index in [2.05, 4.69) is 4.98 Å². The lowest BCUT2D eigenvalue weighted by molar-refractivity contribution is 0.0688. The first kappa shape index (κ1) is 11.3. The number of alkyl halides is 2. The number of carboxylic acids is 1. The third kappa shape index (κ3) is 2.17. The summed E-state index contributed by atoms with van der Waals surface area (Å²) >= 11 is 1.72. The summed E-state index contributed by atoms with van der Waals surface area (Å²) in [6.45, 7) is 1.57. The van der Waals surface area contributed by atoms with Gasteiger partial charge in [0.15, 0.2) is 0 Å². The molecule has 0 aliphatic heterocycles. The van der Waals surface area contributed by atoms with Crippen LogP contribution >= 0.6 is 22.6 Å². The van der Waals surface area contributed by atoms with Crippen molar-refractivity contribution in [3.8, 4) is 0 Å². The van der Waals surface area contributed by atoms with Crippen molar-refractivity contribution in [1.29, 1.82) is 0 Å². The second kappa shape index (κ2) is 4.16. The Morgan fingerprint density at radius 3 is 2.64 bits per heavy atom. The van der Waals surface area contributed by atoms with Gasteiger partial charge < -0.3 is 5.11 Å². The lowest BCUT2D eigenvalue weighted by Gasteiger charge is -2.06. The van der Waals surface area contributed by atoms with Crippen LogP contribution in [0, 0.1) is 10.5 Å². The average Bonchev–Trinajstić information content (AvgIpc) is 2.08. The van der Waals surface area contributed by atoms with E-state index >= 15 is 0 Å². The lowest BCUT2D eigenvalue weighted by atomic mass is 10.2. The molecule has 0 amide bonds. The number of halogens is 3. The van der Waals surface area contributed by atoms with Gasteiger partial charge in [-0.1, -0.05) is 0 Å². The van der Waals surface area contributed by atoms with Crippen LogP contribution in [-0.4, -0.2) is 16.1 Å². The smallest absolute Gasteiger partial charge is 0.354 e. The number of rotatable bonds is 2. The van der Waals surface area contributed by atoms with E-state index in [0.29, 0.717) is 9.13 Å². The zero-order valence-electron chi connectivity index (χ0n) is 7.09. The minimum atomic E-state index is -2.75. The van der Waals surface area contributed by atoms with Crippen molar-refractivity contribution in [3.05, 3.63) is 26.6 Å². The molecule has 3 nitrogen and oxygen atoms in total. The van der Waals surface area contributed by atoms with E-state index in [9.17, 15) is 13.6 Å². The third-order valence-corrected chi connectivity index (χ3v) is 2.99. The molecule has 1 N–H and O–H groups in total. The van der Waals surface area contributed by atoms with Gasteiger partial charge in [0.05, 0.1) is 0 Å². The van der Waals surface area contributed by atoms with Gasteiger partial charge in [0.1, 0.15) is 11.4 Å². The van der Waals surface area contributed by atoms with E-state index in [-0.39, 0.29) is 5.69 Å². The van der Waals surface area contributed by atoms with Crippen molar-refractivity contribution in [2.75, 3.05) is 0 Å². The Balaban J connectivity index is 3.35. The molecule has 0 unspecified atom stereocenters. The zero-order chi connectivity index (χ0) is 10.9. The Morgan fingerprint density at radius 2 is 2.21 bits per heavy atom.